The van der Waals surface area contributed by atoms with Crippen LogP contribution in [-0.2, 0) is 9.84 Å². The van der Waals surface area contributed by atoms with Crippen LogP contribution in [0, 0.1) is 0 Å². The van der Waals surface area contributed by atoms with Gasteiger partial charge in [-0.1, -0.05) is 23.7 Å². The summed E-state index contributed by atoms with van der Waals surface area (Å²) >= 11 is 5.99. The lowest BCUT2D eigenvalue weighted by molar-refractivity contribution is 0.147. The molecule has 1 saturated heterocycles. The summed E-state index contributed by atoms with van der Waals surface area (Å²) in [7, 11) is -3.19. The molecule has 1 aromatic carbocycles. The zero-order valence-corrected chi connectivity index (χ0v) is 10.9. The molecule has 1 heterocycles. The van der Waals surface area contributed by atoms with Crippen molar-refractivity contribution in [2.45, 2.75) is 18.6 Å². The molecule has 1 aliphatic rings. The molecule has 4 nitrogen and oxygen atoms in total. The van der Waals surface area contributed by atoms with E-state index in [1.165, 1.54) is 0 Å². The van der Waals surface area contributed by atoms with Gasteiger partial charge >= 0.3 is 0 Å². The number of anilines is 1. The lowest BCUT2D eigenvalue weighted by Crippen LogP contribution is -2.45. The molecular weight excluding hydrogens is 262 g/mol. The third kappa shape index (κ3) is 2.56. The molecule has 1 fully saturated rings. The van der Waals surface area contributed by atoms with Gasteiger partial charge in [-0.05, 0) is 19.1 Å². The van der Waals surface area contributed by atoms with Crippen LogP contribution in [0.25, 0.3) is 0 Å². The average molecular weight is 276 g/mol. The number of para-hydroxylation sites is 1. The molecule has 1 aromatic rings. The minimum atomic E-state index is -3.19. The first-order valence-electron chi connectivity index (χ1n) is 5.24. The molecular formula is C11H14ClNO3S. The minimum Gasteiger partial charge on any atom is -0.390 e. The van der Waals surface area contributed by atoms with E-state index >= 15 is 0 Å². The molecule has 94 valence electrons. The summed E-state index contributed by atoms with van der Waals surface area (Å²) in [6, 6.07) is 7.05. The van der Waals surface area contributed by atoms with Crippen LogP contribution >= 0.6 is 11.6 Å². The van der Waals surface area contributed by atoms with Gasteiger partial charge in [0.25, 0.3) is 0 Å². The maximum absolute atomic E-state index is 11.5. The normalized spacial score (nSPS) is 31.4. The van der Waals surface area contributed by atoms with Crippen LogP contribution in [0.3, 0.4) is 0 Å². The summed E-state index contributed by atoms with van der Waals surface area (Å²) < 4.78 is 23.0. The first kappa shape index (κ1) is 12.7. The molecule has 2 rings (SSSR count). The highest BCUT2D eigenvalue weighted by Gasteiger charge is 2.46. The third-order valence-electron chi connectivity index (χ3n) is 2.96. The van der Waals surface area contributed by atoms with E-state index in [1.54, 1.807) is 31.2 Å². The summed E-state index contributed by atoms with van der Waals surface area (Å²) in [5.41, 5.74) is -0.253. The quantitative estimate of drug-likeness (QED) is 0.854. The Morgan fingerprint density at radius 3 is 2.65 bits per heavy atom. The number of aliphatic hydroxyl groups is 1. The topological polar surface area (TPSA) is 66.4 Å². The first-order chi connectivity index (χ1) is 7.82. The van der Waals surface area contributed by atoms with Crippen molar-refractivity contribution >= 4 is 27.1 Å². The zero-order valence-electron chi connectivity index (χ0n) is 9.35. The van der Waals surface area contributed by atoms with Crippen molar-refractivity contribution in [3.05, 3.63) is 29.3 Å². The zero-order chi connectivity index (χ0) is 12.7. The second-order valence-corrected chi connectivity index (χ2v) is 7.11. The van der Waals surface area contributed by atoms with Gasteiger partial charge in [0.05, 0.1) is 33.9 Å². The van der Waals surface area contributed by atoms with Gasteiger partial charge in [0.15, 0.2) is 9.84 Å². The van der Waals surface area contributed by atoms with Crippen LogP contribution in [0.5, 0.6) is 0 Å². The molecule has 0 radical (unpaired) electrons. The molecule has 17 heavy (non-hydrogen) atoms. The van der Waals surface area contributed by atoms with Crippen molar-refractivity contribution in [3.63, 3.8) is 0 Å². The van der Waals surface area contributed by atoms with Crippen molar-refractivity contribution in [3.8, 4) is 0 Å². The maximum Gasteiger partial charge on any atom is 0.155 e. The van der Waals surface area contributed by atoms with Gasteiger partial charge in [0.1, 0.15) is 0 Å². The SMILES string of the molecule is C[C@@]1(Nc2ccccc2Cl)CS(=O)(=O)C[C@@H]1O. The number of rotatable bonds is 2. The lowest BCUT2D eigenvalue weighted by Gasteiger charge is -2.29. The predicted octanol–water partition coefficient (Wildman–Crippen LogP) is 1.30. The van der Waals surface area contributed by atoms with E-state index in [9.17, 15) is 13.5 Å². The van der Waals surface area contributed by atoms with E-state index in [0.717, 1.165) is 0 Å². The number of hydrogen-bond donors (Lipinski definition) is 2. The van der Waals surface area contributed by atoms with Crippen molar-refractivity contribution < 1.29 is 13.5 Å². The standard InChI is InChI=1S/C11H14ClNO3S/c1-11(7-17(15,16)6-10(11)14)13-9-5-3-2-4-8(9)12/h2-5,10,13-14H,6-7H2,1H3/t10-,11+/m0/s1. The summed E-state index contributed by atoms with van der Waals surface area (Å²) in [4.78, 5) is 0. The minimum absolute atomic E-state index is 0.0909. The molecule has 0 bridgehead atoms. The Bertz CT molecular complexity index is 531. The Kier molecular flexibility index (Phi) is 3.10. The number of benzene rings is 1. The molecule has 2 N–H and O–H groups in total. The van der Waals surface area contributed by atoms with Gasteiger partial charge in [0.2, 0.25) is 0 Å². The van der Waals surface area contributed by atoms with E-state index in [2.05, 4.69) is 5.32 Å². The van der Waals surface area contributed by atoms with Crippen molar-refractivity contribution in [2.24, 2.45) is 0 Å². The Hall–Kier alpha value is -0.780. The molecule has 6 heteroatoms. The van der Waals surface area contributed by atoms with Gasteiger partial charge in [-0.25, -0.2) is 8.42 Å². The van der Waals surface area contributed by atoms with Crippen LogP contribution in [0.4, 0.5) is 5.69 Å². The van der Waals surface area contributed by atoms with Gasteiger partial charge in [0, 0.05) is 0 Å². The van der Waals surface area contributed by atoms with Gasteiger partial charge in [-0.3, -0.25) is 0 Å². The van der Waals surface area contributed by atoms with E-state index < -0.39 is 21.5 Å². The summed E-state index contributed by atoms with van der Waals surface area (Å²) in [5, 5.41) is 13.4. The number of nitrogens with one attached hydrogen (secondary N) is 1. The Labute approximate surface area is 106 Å². The highest BCUT2D eigenvalue weighted by Crippen LogP contribution is 2.31. The van der Waals surface area contributed by atoms with Gasteiger partial charge in [-0.15, -0.1) is 0 Å². The van der Waals surface area contributed by atoms with E-state index in [1.807, 2.05) is 0 Å². The van der Waals surface area contributed by atoms with Crippen LogP contribution in [-0.4, -0.2) is 36.7 Å². The molecule has 0 spiro atoms. The number of hydrogen-bond acceptors (Lipinski definition) is 4. The second-order valence-electron chi connectivity index (χ2n) is 4.59. The van der Waals surface area contributed by atoms with Gasteiger partial charge < -0.3 is 10.4 Å². The molecule has 1 aliphatic heterocycles. The Balaban J connectivity index is 2.27. The molecule has 0 unspecified atom stereocenters. The highest BCUT2D eigenvalue weighted by molar-refractivity contribution is 7.91. The molecule has 0 aromatic heterocycles. The van der Waals surface area contributed by atoms with E-state index in [-0.39, 0.29) is 11.5 Å². The van der Waals surface area contributed by atoms with Crippen molar-refractivity contribution in [2.75, 3.05) is 16.8 Å². The number of aliphatic hydroxyl groups excluding tert-OH is 1. The van der Waals surface area contributed by atoms with E-state index in [4.69, 9.17) is 11.6 Å². The fourth-order valence-electron chi connectivity index (χ4n) is 2.03. The van der Waals surface area contributed by atoms with Crippen LogP contribution in [0.15, 0.2) is 24.3 Å². The summed E-state index contributed by atoms with van der Waals surface area (Å²) in [5.74, 6) is -0.298. The molecule has 2 atom stereocenters. The Morgan fingerprint density at radius 1 is 1.47 bits per heavy atom. The predicted molar refractivity (Wildman–Crippen MR) is 68.1 cm³/mol. The lowest BCUT2D eigenvalue weighted by atomic mass is 9.98. The van der Waals surface area contributed by atoms with Gasteiger partial charge in [-0.2, -0.15) is 0 Å². The summed E-state index contributed by atoms with van der Waals surface area (Å²) in [6.07, 6.45) is -0.927. The van der Waals surface area contributed by atoms with E-state index in [0.29, 0.717) is 10.7 Å². The highest BCUT2D eigenvalue weighted by atomic mass is 35.5. The van der Waals surface area contributed by atoms with Crippen LogP contribution < -0.4 is 5.32 Å². The third-order valence-corrected chi connectivity index (χ3v) is 5.15. The second kappa shape index (κ2) is 4.15. The van der Waals surface area contributed by atoms with Crippen LogP contribution in [0.1, 0.15) is 6.92 Å². The largest absolute Gasteiger partial charge is 0.390 e. The number of sulfone groups is 1. The summed E-state index contributed by atoms with van der Waals surface area (Å²) in [6.45, 7) is 1.69. The van der Waals surface area contributed by atoms with Crippen molar-refractivity contribution in [1.29, 1.82) is 0 Å². The molecule has 0 saturated carbocycles. The fourth-order valence-corrected chi connectivity index (χ4v) is 4.35. The molecule has 0 aliphatic carbocycles. The van der Waals surface area contributed by atoms with Crippen LogP contribution in [0.2, 0.25) is 5.02 Å². The smallest absolute Gasteiger partial charge is 0.155 e. The Morgan fingerprint density at radius 2 is 2.12 bits per heavy atom. The first-order valence-corrected chi connectivity index (χ1v) is 7.44. The maximum atomic E-state index is 11.5. The molecule has 0 amide bonds. The van der Waals surface area contributed by atoms with Crippen molar-refractivity contribution in [1.82, 2.24) is 0 Å². The average Bonchev–Trinajstić information content (AvgIpc) is 2.39. The number of halogens is 1. The monoisotopic (exact) mass is 275 g/mol. The fraction of sp³-hybridized carbons (Fsp3) is 0.455.